The van der Waals surface area contributed by atoms with Crippen LogP contribution in [-0.2, 0) is 12.4 Å². The maximum Gasteiger partial charge on any atom is 0.125 e. The fraction of sp³-hybridized carbons (Fsp3) is 0.154. The molecule has 0 saturated carbocycles. The first-order valence-electron chi connectivity index (χ1n) is 5.49. The molecule has 1 aromatic carbocycles. The van der Waals surface area contributed by atoms with E-state index < -0.39 is 0 Å². The maximum atomic E-state index is 13.2. The predicted molar refractivity (Wildman–Crippen MR) is 72.7 cm³/mol. The smallest absolute Gasteiger partial charge is 0.125 e. The predicted octanol–water partition coefficient (Wildman–Crippen LogP) is 4.02. The lowest BCUT2D eigenvalue weighted by molar-refractivity contribution is 0.629. The highest BCUT2D eigenvalue weighted by Gasteiger charge is 2.11. The average Bonchev–Trinajstić information content (AvgIpc) is 2.97. The number of hydrogen-bond acceptors (Lipinski definition) is 2. The van der Waals surface area contributed by atoms with Gasteiger partial charge in [-0.05, 0) is 34.5 Å². The number of fused-ring (bicyclic) bond motifs is 1. The van der Waals surface area contributed by atoms with Crippen LogP contribution in [0.15, 0.2) is 35.0 Å². The molecule has 0 bridgehead atoms. The number of nitrogens with zero attached hydrogens (tertiary/aromatic N) is 2. The second kappa shape index (κ2) is 4.71. The lowest BCUT2D eigenvalue weighted by Gasteiger charge is -2.05. The summed E-state index contributed by atoms with van der Waals surface area (Å²) in [5, 5.41) is 4.13. The first kappa shape index (κ1) is 11.7. The van der Waals surface area contributed by atoms with Crippen molar-refractivity contribution in [1.29, 1.82) is 0 Å². The van der Waals surface area contributed by atoms with Crippen molar-refractivity contribution >= 4 is 34.0 Å². The summed E-state index contributed by atoms with van der Waals surface area (Å²) in [4.78, 5) is 4.37. The van der Waals surface area contributed by atoms with Gasteiger partial charge in [0, 0.05) is 6.07 Å². The molecule has 3 aromatic rings. The van der Waals surface area contributed by atoms with Crippen LogP contribution >= 0.6 is 22.9 Å². The van der Waals surface area contributed by atoms with Gasteiger partial charge >= 0.3 is 0 Å². The Kier molecular flexibility index (Phi) is 3.06. The molecule has 2 heterocycles. The summed E-state index contributed by atoms with van der Waals surface area (Å²) in [7, 11) is 0. The van der Waals surface area contributed by atoms with Gasteiger partial charge in [0.2, 0.25) is 0 Å². The van der Waals surface area contributed by atoms with Gasteiger partial charge in [-0.25, -0.2) is 9.37 Å². The molecule has 5 heteroatoms. The molecule has 0 aliphatic rings. The highest BCUT2D eigenvalue weighted by Crippen LogP contribution is 2.21. The van der Waals surface area contributed by atoms with Gasteiger partial charge in [-0.1, -0.05) is 0 Å². The second-order valence-electron chi connectivity index (χ2n) is 4.01. The number of halogens is 2. The summed E-state index contributed by atoms with van der Waals surface area (Å²) in [6.45, 7) is 0.716. The molecule has 0 unspecified atom stereocenters. The monoisotopic (exact) mass is 280 g/mol. The maximum absolute atomic E-state index is 13.2. The van der Waals surface area contributed by atoms with E-state index >= 15 is 0 Å². The van der Waals surface area contributed by atoms with E-state index in [2.05, 4.69) is 16.4 Å². The van der Waals surface area contributed by atoms with Crippen molar-refractivity contribution in [3.05, 3.63) is 52.2 Å². The van der Waals surface area contributed by atoms with Crippen LogP contribution in [0.4, 0.5) is 4.39 Å². The Morgan fingerprint density at radius 1 is 1.33 bits per heavy atom. The molecule has 0 radical (unpaired) electrons. The van der Waals surface area contributed by atoms with Gasteiger partial charge < -0.3 is 4.57 Å². The Labute approximate surface area is 113 Å². The number of aromatic nitrogens is 2. The number of benzene rings is 1. The zero-order chi connectivity index (χ0) is 12.5. The van der Waals surface area contributed by atoms with E-state index in [4.69, 9.17) is 11.6 Å². The molecule has 0 saturated heterocycles. The third-order valence-electron chi connectivity index (χ3n) is 2.83. The minimum Gasteiger partial charge on any atom is -0.322 e. The average molecular weight is 281 g/mol. The van der Waals surface area contributed by atoms with Gasteiger partial charge in [-0.3, -0.25) is 0 Å². The largest absolute Gasteiger partial charge is 0.322 e. The van der Waals surface area contributed by atoms with Crippen LogP contribution in [0.5, 0.6) is 0 Å². The number of hydrogen-bond donors (Lipinski definition) is 0. The van der Waals surface area contributed by atoms with E-state index in [-0.39, 0.29) is 5.82 Å². The molecular weight excluding hydrogens is 271 g/mol. The molecule has 0 atom stereocenters. The molecule has 0 aliphatic carbocycles. The van der Waals surface area contributed by atoms with Gasteiger partial charge in [0.15, 0.2) is 0 Å². The SMILES string of the molecule is Fc1ccc2c(c1)nc(CCl)n2Cc1ccsc1. The van der Waals surface area contributed by atoms with Crippen molar-refractivity contribution in [3.8, 4) is 0 Å². The van der Waals surface area contributed by atoms with E-state index in [0.29, 0.717) is 17.9 Å². The van der Waals surface area contributed by atoms with Gasteiger partial charge in [-0.2, -0.15) is 11.3 Å². The summed E-state index contributed by atoms with van der Waals surface area (Å²) in [5.74, 6) is 0.813. The van der Waals surface area contributed by atoms with Crippen LogP contribution in [0.1, 0.15) is 11.4 Å². The molecule has 2 aromatic heterocycles. The van der Waals surface area contributed by atoms with Crippen molar-refractivity contribution in [2.45, 2.75) is 12.4 Å². The van der Waals surface area contributed by atoms with Gasteiger partial charge in [0.05, 0.1) is 23.5 Å². The van der Waals surface area contributed by atoms with E-state index in [1.54, 1.807) is 17.4 Å². The normalized spacial score (nSPS) is 11.2. The van der Waals surface area contributed by atoms with Crippen molar-refractivity contribution in [2.75, 3.05) is 0 Å². The highest BCUT2D eigenvalue weighted by atomic mass is 35.5. The van der Waals surface area contributed by atoms with Crippen molar-refractivity contribution in [2.24, 2.45) is 0 Å². The van der Waals surface area contributed by atoms with Gasteiger partial charge in [-0.15, -0.1) is 11.6 Å². The molecule has 2 nitrogen and oxygen atoms in total. The summed E-state index contributed by atoms with van der Waals surface area (Å²) in [6, 6.07) is 6.71. The van der Waals surface area contributed by atoms with Crippen LogP contribution in [0.25, 0.3) is 11.0 Å². The van der Waals surface area contributed by atoms with Crippen LogP contribution in [0.2, 0.25) is 0 Å². The molecule has 0 amide bonds. The van der Waals surface area contributed by atoms with Crippen molar-refractivity contribution in [1.82, 2.24) is 9.55 Å². The Balaban J connectivity index is 2.13. The highest BCUT2D eigenvalue weighted by molar-refractivity contribution is 7.07. The van der Waals surface area contributed by atoms with Crippen molar-refractivity contribution in [3.63, 3.8) is 0 Å². The first-order valence-corrected chi connectivity index (χ1v) is 6.97. The molecule has 3 rings (SSSR count). The Morgan fingerprint density at radius 2 is 2.22 bits per heavy atom. The Hall–Kier alpha value is -1.39. The van der Waals surface area contributed by atoms with E-state index in [1.165, 1.54) is 17.7 Å². The molecule has 0 fully saturated rings. The van der Waals surface area contributed by atoms with Crippen molar-refractivity contribution < 1.29 is 4.39 Å². The fourth-order valence-corrected chi connectivity index (χ4v) is 2.86. The van der Waals surface area contributed by atoms with E-state index in [9.17, 15) is 4.39 Å². The van der Waals surface area contributed by atoms with Crippen LogP contribution in [0.3, 0.4) is 0 Å². The molecule has 0 N–H and O–H groups in total. The van der Waals surface area contributed by atoms with Crippen LogP contribution in [0, 0.1) is 5.82 Å². The minimum atomic E-state index is -0.274. The van der Waals surface area contributed by atoms with E-state index in [0.717, 1.165) is 11.3 Å². The third-order valence-corrected chi connectivity index (χ3v) is 3.80. The Morgan fingerprint density at radius 3 is 2.94 bits per heavy atom. The van der Waals surface area contributed by atoms with Crippen LogP contribution in [-0.4, -0.2) is 9.55 Å². The molecule has 0 spiro atoms. The molecule has 0 aliphatic heterocycles. The third kappa shape index (κ3) is 2.02. The Bertz CT molecular complexity index is 676. The quantitative estimate of drug-likeness (QED) is 0.663. The van der Waals surface area contributed by atoms with Gasteiger partial charge in [0.25, 0.3) is 0 Å². The first-order chi connectivity index (χ1) is 8.78. The second-order valence-corrected chi connectivity index (χ2v) is 5.06. The summed E-state index contributed by atoms with van der Waals surface area (Å²) < 4.78 is 15.2. The molecule has 92 valence electrons. The van der Waals surface area contributed by atoms with E-state index in [1.807, 2.05) is 9.95 Å². The molecule has 18 heavy (non-hydrogen) atoms. The van der Waals surface area contributed by atoms with Crippen LogP contribution < -0.4 is 0 Å². The number of thiophene rings is 1. The van der Waals surface area contributed by atoms with Gasteiger partial charge in [0.1, 0.15) is 11.6 Å². The zero-order valence-electron chi connectivity index (χ0n) is 9.44. The molecular formula is C13H10ClFN2S. The number of imidazole rings is 1. The minimum absolute atomic E-state index is 0.274. The summed E-state index contributed by atoms with van der Waals surface area (Å²) in [5.41, 5.74) is 2.77. The number of rotatable bonds is 3. The standard InChI is InChI=1S/C13H10ClFN2S/c14-6-13-16-11-5-10(15)1-2-12(11)17(13)7-9-3-4-18-8-9/h1-5,8H,6-7H2. The zero-order valence-corrected chi connectivity index (χ0v) is 11.0. The lowest BCUT2D eigenvalue weighted by Crippen LogP contribution is -2.02. The summed E-state index contributed by atoms with van der Waals surface area (Å²) >= 11 is 7.57. The lowest BCUT2D eigenvalue weighted by atomic mass is 10.3. The number of alkyl halides is 1. The fourth-order valence-electron chi connectivity index (χ4n) is 2.00. The topological polar surface area (TPSA) is 17.8 Å². The summed E-state index contributed by atoms with van der Waals surface area (Å²) in [6.07, 6.45) is 0.